The SMILES string of the molecule is COc1cccc(CN2C[C@H](OCC3CC3)CN(C(=O)CCC(=O)c3ccccc3)CC2=O)c1. The number of nitrogens with zero attached hydrogens (tertiary/aromatic N) is 2. The van der Waals surface area contributed by atoms with E-state index in [0.717, 1.165) is 11.3 Å². The molecule has 34 heavy (non-hydrogen) atoms. The molecule has 7 heteroatoms. The molecule has 180 valence electrons. The summed E-state index contributed by atoms with van der Waals surface area (Å²) in [6, 6.07) is 16.6. The van der Waals surface area contributed by atoms with E-state index in [-0.39, 0.29) is 43.1 Å². The summed E-state index contributed by atoms with van der Waals surface area (Å²) in [6.07, 6.45) is 2.28. The highest BCUT2D eigenvalue weighted by Crippen LogP contribution is 2.29. The van der Waals surface area contributed by atoms with Crippen molar-refractivity contribution in [2.24, 2.45) is 5.92 Å². The van der Waals surface area contributed by atoms with E-state index in [1.807, 2.05) is 30.3 Å². The largest absolute Gasteiger partial charge is 0.497 e. The van der Waals surface area contributed by atoms with Crippen LogP contribution in [0.1, 0.15) is 41.6 Å². The van der Waals surface area contributed by atoms with E-state index < -0.39 is 0 Å². The van der Waals surface area contributed by atoms with Crippen molar-refractivity contribution in [1.29, 1.82) is 0 Å². The number of methoxy groups -OCH3 is 1. The molecular weight excluding hydrogens is 432 g/mol. The van der Waals surface area contributed by atoms with Crippen LogP contribution in [-0.2, 0) is 20.9 Å². The third-order valence-electron chi connectivity index (χ3n) is 6.31. The number of rotatable bonds is 10. The van der Waals surface area contributed by atoms with Gasteiger partial charge in [0.05, 0.1) is 19.8 Å². The fourth-order valence-electron chi connectivity index (χ4n) is 4.12. The Bertz CT molecular complexity index is 1010. The quantitative estimate of drug-likeness (QED) is 0.504. The van der Waals surface area contributed by atoms with Gasteiger partial charge in [0, 0.05) is 44.6 Å². The van der Waals surface area contributed by atoms with E-state index in [0.29, 0.717) is 37.7 Å². The molecule has 1 heterocycles. The summed E-state index contributed by atoms with van der Waals surface area (Å²) in [7, 11) is 1.62. The van der Waals surface area contributed by atoms with Crippen molar-refractivity contribution >= 4 is 17.6 Å². The van der Waals surface area contributed by atoms with Gasteiger partial charge in [0.1, 0.15) is 5.75 Å². The molecule has 0 bridgehead atoms. The van der Waals surface area contributed by atoms with Gasteiger partial charge < -0.3 is 19.3 Å². The second-order valence-corrected chi connectivity index (χ2v) is 9.09. The van der Waals surface area contributed by atoms with Crippen molar-refractivity contribution in [3.05, 3.63) is 65.7 Å². The molecule has 0 aromatic heterocycles. The maximum absolute atomic E-state index is 13.1. The van der Waals surface area contributed by atoms with E-state index in [2.05, 4.69) is 0 Å². The number of carbonyl (C=O) groups is 3. The van der Waals surface area contributed by atoms with Crippen LogP contribution in [0.4, 0.5) is 0 Å². The van der Waals surface area contributed by atoms with Crippen molar-refractivity contribution in [3.8, 4) is 5.75 Å². The average molecular weight is 465 g/mol. The molecule has 1 saturated heterocycles. The van der Waals surface area contributed by atoms with Crippen LogP contribution in [0.3, 0.4) is 0 Å². The summed E-state index contributed by atoms with van der Waals surface area (Å²) in [5.41, 5.74) is 1.55. The monoisotopic (exact) mass is 464 g/mol. The Morgan fingerprint density at radius 2 is 1.79 bits per heavy atom. The van der Waals surface area contributed by atoms with E-state index in [9.17, 15) is 14.4 Å². The van der Waals surface area contributed by atoms with Crippen LogP contribution in [0.15, 0.2) is 54.6 Å². The summed E-state index contributed by atoms with van der Waals surface area (Å²) < 4.78 is 11.5. The molecule has 0 spiro atoms. The lowest BCUT2D eigenvalue weighted by Gasteiger charge is -2.25. The van der Waals surface area contributed by atoms with Gasteiger partial charge >= 0.3 is 0 Å². The van der Waals surface area contributed by atoms with Gasteiger partial charge in [-0.15, -0.1) is 0 Å². The summed E-state index contributed by atoms with van der Waals surface area (Å²) in [4.78, 5) is 41.9. The highest BCUT2D eigenvalue weighted by Gasteiger charge is 2.32. The van der Waals surface area contributed by atoms with Gasteiger partial charge in [-0.3, -0.25) is 14.4 Å². The van der Waals surface area contributed by atoms with Crippen LogP contribution in [0.5, 0.6) is 5.75 Å². The number of ketones is 1. The third-order valence-corrected chi connectivity index (χ3v) is 6.31. The molecule has 2 fully saturated rings. The minimum absolute atomic E-state index is 0.00832. The standard InChI is InChI=1S/C27H32N2O5/c1-33-23-9-5-6-21(14-23)15-28-16-24(34-19-20-10-11-20)17-29(18-27(28)32)26(31)13-12-25(30)22-7-3-2-4-8-22/h2-9,14,20,24H,10-13,15-19H2,1H3/t24-/m0/s1. The number of amides is 2. The van der Waals surface area contributed by atoms with Crippen LogP contribution in [0.2, 0.25) is 0 Å². The Morgan fingerprint density at radius 1 is 1.00 bits per heavy atom. The Hall–Kier alpha value is -3.19. The Morgan fingerprint density at radius 3 is 2.53 bits per heavy atom. The molecule has 1 atom stereocenters. The number of ether oxygens (including phenoxy) is 2. The van der Waals surface area contributed by atoms with Crippen LogP contribution in [0.25, 0.3) is 0 Å². The maximum Gasteiger partial charge on any atom is 0.242 e. The predicted molar refractivity (Wildman–Crippen MR) is 127 cm³/mol. The highest BCUT2D eigenvalue weighted by molar-refractivity contribution is 5.98. The lowest BCUT2D eigenvalue weighted by atomic mass is 10.1. The topological polar surface area (TPSA) is 76.2 Å². The van der Waals surface area contributed by atoms with E-state index in [4.69, 9.17) is 9.47 Å². The maximum atomic E-state index is 13.1. The molecule has 0 unspecified atom stereocenters. The molecule has 2 aromatic rings. The summed E-state index contributed by atoms with van der Waals surface area (Å²) in [5, 5.41) is 0. The van der Waals surface area contributed by atoms with Gasteiger partial charge in [-0.2, -0.15) is 0 Å². The van der Waals surface area contributed by atoms with Gasteiger partial charge in [-0.1, -0.05) is 42.5 Å². The first kappa shape index (κ1) is 24.0. The normalized spacial score (nSPS) is 18.5. The first-order valence-electron chi connectivity index (χ1n) is 11.9. The van der Waals surface area contributed by atoms with Gasteiger partial charge in [0.25, 0.3) is 0 Å². The van der Waals surface area contributed by atoms with Crippen molar-refractivity contribution in [1.82, 2.24) is 9.80 Å². The molecule has 0 radical (unpaired) electrons. The lowest BCUT2D eigenvalue weighted by molar-refractivity contribution is -0.139. The molecule has 2 aromatic carbocycles. The lowest BCUT2D eigenvalue weighted by Crippen LogP contribution is -2.39. The number of hydrogen-bond donors (Lipinski definition) is 0. The van der Waals surface area contributed by atoms with Crippen LogP contribution >= 0.6 is 0 Å². The second kappa shape index (κ2) is 11.3. The molecule has 1 saturated carbocycles. The van der Waals surface area contributed by atoms with Gasteiger partial charge in [0.2, 0.25) is 11.8 Å². The zero-order valence-corrected chi connectivity index (χ0v) is 19.7. The number of carbonyl (C=O) groups excluding carboxylic acids is 3. The zero-order chi connectivity index (χ0) is 23.9. The third kappa shape index (κ3) is 6.67. The van der Waals surface area contributed by atoms with E-state index >= 15 is 0 Å². The molecule has 0 N–H and O–H groups in total. The number of benzene rings is 2. The Balaban J connectivity index is 1.41. The van der Waals surface area contributed by atoms with Crippen molar-refractivity contribution in [2.75, 3.05) is 33.4 Å². The van der Waals surface area contributed by atoms with Crippen molar-refractivity contribution in [2.45, 2.75) is 38.3 Å². The van der Waals surface area contributed by atoms with E-state index in [1.54, 1.807) is 41.2 Å². The summed E-state index contributed by atoms with van der Waals surface area (Å²) in [6.45, 7) is 1.85. The predicted octanol–water partition coefficient (Wildman–Crippen LogP) is 3.32. The Kier molecular flexibility index (Phi) is 7.95. The average Bonchev–Trinajstić information content (AvgIpc) is 3.70. The molecule has 4 rings (SSSR count). The molecule has 2 amide bonds. The van der Waals surface area contributed by atoms with Gasteiger partial charge in [-0.25, -0.2) is 0 Å². The smallest absolute Gasteiger partial charge is 0.242 e. The fraction of sp³-hybridized carbons (Fsp3) is 0.444. The summed E-state index contributed by atoms with van der Waals surface area (Å²) in [5.74, 6) is 0.930. The molecule has 7 nitrogen and oxygen atoms in total. The van der Waals surface area contributed by atoms with Crippen LogP contribution < -0.4 is 4.74 Å². The fourth-order valence-corrected chi connectivity index (χ4v) is 4.12. The molecular formula is C27H32N2O5. The van der Waals surface area contributed by atoms with Crippen LogP contribution in [0, 0.1) is 5.92 Å². The second-order valence-electron chi connectivity index (χ2n) is 9.09. The number of hydrogen-bond acceptors (Lipinski definition) is 5. The van der Waals surface area contributed by atoms with Crippen molar-refractivity contribution in [3.63, 3.8) is 0 Å². The molecule has 1 aliphatic carbocycles. The Labute approximate surface area is 200 Å². The van der Waals surface area contributed by atoms with Crippen molar-refractivity contribution < 1.29 is 23.9 Å². The zero-order valence-electron chi connectivity index (χ0n) is 19.7. The summed E-state index contributed by atoms with van der Waals surface area (Å²) >= 11 is 0. The van der Waals surface area contributed by atoms with Gasteiger partial charge in [0.15, 0.2) is 5.78 Å². The van der Waals surface area contributed by atoms with E-state index in [1.165, 1.54) is 12.8 Å². The minimum atomic E-state index is -0.258. The minimum Gasteiger partial charge on any atom is -0.497 e. The van der Waals surface area contributed by atoms with Gasteiger partial charge in [-0.05, 0) is 36.5 Å². The highest BCUT2D eigenvalue weighted by atomic mass is 16.5. The van der Waals surface area contributed by atoms with Crippen LogP contribution in [-0.4, -0.2) is 66.9 Å². The first-order valence-corrected chi connectivity index (χ1v) is 11.9. The number of Topliss-reactive ketones (excluding diaryl/α,β-unsaturated/α-hetero) is 1. The molecule has 1 aliphatic heterocycles. The first-order chi connectivity index (χ1) is 16.5. The molecule has 2 aliphatic rings.